The predicted molar refractivity (Wildman–Crippen MR) is 160 cm³/mol. The van der Waals surface area contributed by atoms with E-state index in [4.69, 9.17) is 4.42 Å². The molecule has 202 valence electrons. The molecule has 6 rings (SSSR count). The Balaban J connectivity index is 1.18. The maximum absolute atomic E-state index is 9.80. The van der Waals surface area contributed by atoms with Gasteiger partial charge in [-0.3, -0.25) is 14.8 Å². The van der Waals surface area contributed by atoms with Gasteiger partial charge in [0, 0.05) is 67.8 Å². The van der Waals surface area contributed by atoms with Crippen LogP contribution in [-0.2, 0) is 13.0 Å². The first-order valence-corrected chi connectivity index (χ1v) is 14.4. The number of aliphatic hydroxyl groups excluding tert-OH is 1. The maximum atomic E-state index is 9.80. The molecule has 1 fully saturated rings. The van der Waals surface area contributed by atoms with Crippen molar-refractivity contribution in [2.75, 3.05) is 44.6 Å². The number of β-amino-alcohol motifs (C(OH)–C–C–N with tert-alkyl or cyclic N) is 1. The molecule has 0 radical (unpaired) electrons. The lowest BCUT2D eigenvalue weighted by Gasteiger charge is -2.34. The Hall–Kier alpha value is -4.00. The summed E-state index contributed by atoms with van der Waals surface area (Å²) in [6, 6.07) is 21.1. The van der Waals surface area contributed by atoms with Gasteiger partial charge in [-0.1, -0.05) is 24.3 Å². The summed E-state index contributed by atoms with van der Waals surface area (Å²) >= 11 is 1.79. The van der Waals surface area contributed by atoms with Gasteiger partial charge in [-0.15, -0.1) is 11.3 Å². The quantitative estimate of drug-likeness (QED) is 0.238. The Morgan fingerprint density at radius 2 is 1.80 bits per heavy atom. The Kier molecular flexibility index (Phi) is 7.89. The Morgan fingerprint density at radius 3 is 2.55 bits per heavy atom. The monoisotopic (exact) mass is 549 g/mol. The summed E-state index contributed by atoms with van der Waals surface area (Å²) in [5.74, 6) is 0. The van der Waals surface area contributed by atoms with Crippen molar-refractivity contribution in [1.82, 2.24) is 14.8 Å². The molecule has 0 spiro atoms. The number of pyridine rings is 1. The van der Waals surface area contributed by atoms with Crippen LogP contribution in [-0.4, -0.2) is 59.2 Å². The number of nitrogens with zero attached hydrogens (tertiary/aromatic N) is 4. The molecule has 0 unspecified atom stereocenters. The van der Waals surface area contributed by atoms with Crippen LogP contribution < -0.4 is 5.32 Å². The van der Waals surface area contributed by atoms with Gasteiger partial charge in [-0.2, -0.15) is 5.26 Å². The number of anilines is 2. The topological polar surface area (TPSA) is 88.6 Å². The molecule has 1 saturated heterocycles. The number of hydrogen-bond acceptors (Lipinski definition) is 8. The number of nitriles is 1. The lowest BCUT2D eigenvalue weighted by Crippen LogP contribution is -2.46. The maximum Gasteiger partial charge on any atom is 0.103 e. The van der Waals surface area contributed by atoms with E-state index in [2.05, 4.69) is 67.9 Å². The van der Waals surface area contributed by atoms with Crippen molar-refractivity contribution < 1.29 is 9.52 Å². The minimum absolute atomic E-state index is 0.227. The molecule has 0 atom stereocenters. The zero-order chi connectivity index (χ0) is 27.3. The summed E-state index contributed by atoms with van der Waals surface area (Å²) in [5, 5.41) is 25.6. The fraction of sp³-hybridized carbons (Fsp3) is 0.250. The fourth-order valence-corrected chi connectivity index (χ4v) is 6.15. The summed E-state index contributed by atoms with van der Waals surface area (Å²) in [5.41, 5.74) is 7.69. The molecule has 3 aromatic heterocycles. The van der Waals surface area contributed by atoms with Crippen molar-refractivity contribution in [2.24, 2.45) is 0 Å². The zero-order valence-electron chi connectivity index (χ0n) is 22.2. The minimum Gasteiger partial charge on any atom is -0.472 e. The largest absolute Gasteiger partial charge is 0.472 e. The van der Waals surface area contributed by atoms with Gasteiger partial charge < -0.3 is 14.8 Å². The fourth-order valence-electron chi connectivity index (χ4n) is 5.22. The van der Waals surface area contributed by atoms with E-state index in [1.54, 1.807) is 30.1 Å². The third kappa shape index (κ3) is 5.93. The highest BCUT2D eigenvalue weighted by Gasteiger charge is 2.17. The highest BCUT2D eigenvalue weighted by molar-refractivity contribution is 7.10. The highest BCUT2D eigenvalue weighted by atomic mass is 32.1. The van der Waals surface area contributed by atoms with E-state index in [1.165, 1.54) is 16.0 Å². The van der Waals surface area contributed by atoms with Gasteiger partial charge in [0.05, 0.1) is 35.9 Å². The molecule has 1 aliphatic heterocycles. The summed E-state index contributed by atoms with van der Waals surface area (Å²) in [7, 11) is 0. The minimum atomic E-state index is 0.227. The Morgan fingerprint density at radius 1 is 0.975 bits per heavy atom. The normalized spacial score (nSPS) is 14.4. The number of aliphatic hydroxyl groups is 1. The van der Waals surface area contributed by atoms with Crippen LogP contribution in [0.2, 0.25) is 0 Å². The average molecular weight is 550 g/mol. The number of rotatable bonds is 9. The molecule has 1 aliphatic rings. The first-order chi connectivity index (χ1) is 19.7. The van der Waals surface area contributed by atoms with Gasteiger partial charge in [0.1, 0.15) is 6.07 Å². The Bertz CT molecular complexity index is 1610. The average Bonchev–Trinajstić information content (AvgIpc) is 3.68. The molecule has 0 saturated carbocycles. The molecule has 40 heavy (non-hydrogen) atoms. The Labute approximate surface area is 237 Å². The highest BCUT2D eigenvalue weighted by Crippen LogP contribution is 2.33. The molecule has 2 N–H and O–H groups in total. The van der Waals surface area contributed by atoms with Gasteiger partial charge >= 0.3 is 0 Å². The molecule has 2 aromatic carbocycles. The van der Waals surface area contributed by atoms with Crippen LogP contribution in [0.1, 0.15) is 21.6 Å². The standard InChI is InChI=1S/C32H31N5O2S/c33-18-27-19-34-31-17-25(26-16-29(40-22-26)20-37-10-8-36(9-11-37)12-13-38)3-6-30(31)32(27)35-28-4-1-23(2-5-28)15-24-7-14-39-21-24/h1-7,14,16-17,19,21-22,38H,8-13,15,20H2,(H,34,35). The lowest BCUT2D eigenvalue weighted by atomic mass is 10.0. The zero-order valence-corrected chi connectivity index (χ0v) is 23.0. The first-order valence-electron chi connectivity index (χ1n) is 13.5. The predicted octanol–water partition coefficient (Wildman–Crippen LogP) is 5.87. The lowest BCUT2D eigenvalue weighted by molar-refractivity contribution is 0.109. The summed E-state index contributed by atoms with van der Waals surface area (Å²) < 4.78 is 5.18. The number of furan rings is 1. The van der Waals surface area contributed by atoms with Crippen LogP contribution in [0.4, 0.5) is 11.4 Å². The van der Waals surface area contributed by atoms with Crippen molar-refractivity contribution in [3.05, 3.63) is 100 Å². The second-order valence-electron chi connectivity index (χ2n) is 10.2. The molecule has 0 bridgehead atoms. The third-order valence-corrected chi connectivity index (χ3v) is 8.37. The molecule has 0 amide bonds. The van der Waals surface area contributed by atoms with Gasteiger partial charge in [-0.05, 0) is 58.0 Å². The summed E-state index contributed by atoms with van der Waals surface area (Å²) in [6.07, 6.45) is 5.92. The molecular formula is C32H31N5O2S. The number of aromatic nitrogens is 1. The number of piperazine rings is 1. The molecule has 4 heterocycles. The van der Waals surface area contributed by atoms with Gasteiger partial charge in [0.15, 0.2) is 0 Å². The number of hydrogen-bond donors (Lipinski definition) is 2. The van der Waals surface area contributed by atoms with E-state index in [0.717, 1.165) is 79.1 Å². The molecule has 7 nitrogen and oxygen atoms in total. The van der Waals surface area contributed by atoms with Gasteiger partial charge in [0.25, 0.3) is 0 Å². The van der Waals surface area contributed by atoms with E-state index in [0.29, 0.717) is 5.56 Å². The van der Waals surface area contributed by atoms with Crippen LogP contribution in [0, 0.1) is 11.3 Å². The molecule has 8 heteroatoms. The van der Waals surface area contributed by atoms with Crippen molar-refractivity contribution in [3.63, 3.8) is 0 Å². The van der Waals surface area contributed by atoms with Crippen molar-refractivity contribution in [1.29, 1.82) is 5.26 Å². The van der Waals surface area contributed by atoms with E-state index < -0.39 is 0 Å². The first kappa shape index (κ1) is 26.2. The summed E-state index contributed by atoms with van der Waals surface area (Å²) in [6.45, 7) is 6.00. The van der Waals surface area contributed by atoms with Crippen LogP contribution in [0.25, 0.3) is 22.0 Å². The SMILES string of the molecule is N#Cc1cnc2cc(-c3csc(CN4CCN(CCO)CC4)c3)ccc2c1Nc1ccc(Cc2ccoc2)cc1. The molecule has 5 aromatic rings. The van der Waals surface area contributed by atoms with Crippen molar-refractivity contribution >= 4 is 33.6 Å². The number of fused-ring (bicyclic) bond motifs is 1. The number of nitrogens with one attached hydrogen (secondary N) is 1. The summed E-state index contributed by atoms with van der Waals surface area (Å²) in [4.78, 5) is 10.8. The smallest absolute Gasteiger partial charge is 0.103 e. The van der Waals surface area contributed by atoms with Crippen LogP contribution >= 0.6 is 11.3 Å². The van der Waals surface area contributed by atoms with E-state index in [-0.39, 0.29) is 6.61 Å². The van der Waals surface area contributed by atoms with Crippen LogP contribution in [0.5, 0.6) is 0 Å². The van der Waals surface area contributed by atoms with E-state index in [1.807, 2.05) is 18.2 Å². The van der Waals surface area contributed by atoms with E-state index in [9.17, 15) is 10.4 Å². The number of thiophene rings is 1. The van der Waals surface area contributed by atoms with Crippen molar-refractivity contribution in [2.45, 2.75) is 13.0 Å². The van der Waals surface area contributed by atoms with Gasteiger partial charge in [0.2, 0.25) is 0 Å². The third-order valence-electron chi connectivity index (χ3n) is 7.45. The second kappa shape index (κ2) is 12.0. The van der Waals surface area contributed by atoms with Crippen LogP contribution in [0.3, 0.4) is 0 Å². The molecular weight excluding hydrogens is 518 g/mol. The van der Waals surface area contributed by atoms with Crippen LogP contribution in [0.15, 0.2) is 83.1 Å². The molecule has 0 aliphatic carbocycles. The van der Waals surface area contributed by atoms with Crippen molar-refractivity contribution in [3.8, 4) is 17.2 Å². The van der Waals surface area contributed by atoms with Gasteiger partial charge in [-0.25, -0.2) is 0 Å². The second-order valence-corrected chi connectivity index (χ2v) is 11.2. The van der Waals surface area contributed by atoms with E-state index >= 15 is 0 Å². The number of benzene rings is 2.